The second kappa shape index (κ2) is 9.99. The maximum Gasteiger partial charge on any atom is 0.508 e. The zero-order chi connectivity index (χ0) is 23.4. The predicted molar refractivity (Wildman–Crippen MR) is 126 cm³/mol. The Balaban J connectivity index is 1.50. The molecule has 4 rings (SSSR count). The SMILES string of the molecule is CCOC(=O)OC1CCN(c2nc(NCc3cccc([N+](=O)[O-])c3)c3cc(C)sc3n2)CC1. The van der Waals surface area contributed by atoms with Crippen LogP contribution < -0.4 is 10.2 Å². The van der Waals surface area contributed by atoms with Crippen molar-refractivity contribution < 1.29 is 19.2 Å². The average Bonchev–Trinajstić information content (AvgIpc) is 3.18. The van der Waals surface area contributed by atoms with Gasteiger partial charge in [0.1, 0.15) is 16.8 Å². The van der Waals surface area contributed by atoms with Crippen molar-refractivity contribution in [3.8, 4) is 0 Å². The van der Waals surface area contributed by atoms with Crippen molar-refractivity contribution in [2.45, 2.75) is 39.3 Å². The summed E-state index contributed by atoms with van der Waals surface area (Å²) in [6.07, 6.45) is 0.523. The molecule has 0 saturated carbocycles. The lowest BCUT2D eigenvalue weighted by atomic mass is 10.1. The van der Waals surface area contributed by atoms with Gasteiger partial charge in [0.15, 0.2) is 0 Å². The quantitative estimate of drug-likeness (QED) is 0.298. The van der Waals surface area contributed by atoms with Gasteiger partial charge in [0.25, 0.3) is 5.69 Å². The summed E-state index contributed by atoms with van der Waals surface area (Å²) in [5, 5.41) is 15.3. The summed E-state index contributed by atoms with van der Waals surface area (Å²) < 4.78 is 10.2. The summed E-state index contributed by atoms with van der Waals surface area (Å²) in [5.74, 6) is 1.30. The third kappa shape index (κ3) is 5.48. The number of non-ortho nitro benzene ring substituents is 1. The summed E-state index contributed by atoms with van der Waals surface area (Å²) in [5.41, 5.74) is 0.850. The van der Waals surface area contributed by atoms with Gasteiger partial charge in [-0.3, -0.25) is 10.1 Å². The molecule has 33 heavy (non-hydrogen) atoms. The number of rotatable bonds is 7. The molecule has 0 amide bonds. The van der Waals surface area contributed by atoms with Gasteiger partial charge < -0.3 is 19.7 Å². The van der Waals surface area contributed by atoms with E-state index in [-0.39, 0.29) is 18.4 Å². The Labute approximate surface area is 194 Å². The summed E-state index contributed by atoms with van der Waals surface area (Å²) in [4.78, 5) is 35.9. The zero-order valence-corrected chi connectivity index (χ0v) is 19.3. The van der Waals surface area contributed by atoms with Gasteiger partial charge in [-0.2, -0.15) is 4.98 Å². The molecule has 11 heteroatoms. The first-order valence-corrected chi connectivity index (χ1v) is 11.6. The zero-order valence-electron chi connectivity index (χ0n) is 18.4. The normalized spacial score (nSPS) is 14.3. The van der Waals surface area contributed by atoms with Crippen LogP contribution >= 0.6 is 11.3 Å². The monoisotopic (exact) mass is 471 g/mol. The lowest BCUT2D eigenvalue weighted by Crippen LogP contribution is -2.39. The molecular formula is C22H25N5O5S. The number of thiophene rings is 1. The van der Waals surface area contributed by atoms with Crippen molar-refractivity contribution in [3.63, 3.8) is 0 Å². The number of aromatic nitrogens is 2. The van der Waals surface area contributed by atoms with E-state index in [1.54, 1.807) is 30.4 Å². The van der Waals surface area contributed by atoms with Gasteiger partial charge in [-0.05, 0) is 25.5 Å². The summed E-state index contributed by atoms with van der Waals surface area (Å²) in [6, 6.07) is 8.58. The van der Waals surface area contributed by atoms with Gasteiger partial charge in [0.05, 0.1) is 16.9 Å². The number of ether oxygens (including phenoxy) is 2. The van der Waals surface area contributed by atoms with Crippen LogP contribution in [-0.4, -0.2) is 46.8 Å². The van der Waals surface area contributed by atoms with Crippen LogP contribution in [0.25, 0.3) is 10.2 Å². The minimum Gasteiger partial charge on any atom is -0.435 e. The molecule has 1 saturated heterocycles. The molecule has 2 aromatic heterocycles. The molecule has 10 nitrogen and oxygen atoms in total. The maximum atomic E-state index is 11.6. The molecule has 1 fully saturated rings. The summed E-state index contributed by atoms with van der Waals surface area (Å²) >= 11 is 1.59. The molecule has 174 valence electrons. The number of fused-ring (bicyclic) bond motifs is 1. The fourth-order valence-corrected chi connectivity index (χ4v) is 4.61. The average molecular weight is 472 g/mol. The van der Waals surface area contributed by atoms with Crippen LogP contribution in [0.15, 0.2) is 30.3 Å². The first-order valence-electron chi connectivity index (χ1n) is 10.8. The van der Waals surface area contributed by atoms with Gasteiger partial charge in [0.2, 0.25) is 5.95 Å². The van der Waals surface area contributed by atoms with E-state index in [1.807, 2.05) is 19.1 Å². The van der Waals surface area contributed by atoms with Crippen LogP contribution in [0.3, 0.4) is 0 Å². The van der Waals surface area contributed by atoms with Gasteiger partial charge in [0, 0.05) is 49.5 Å². The standard InChI is InChI=1S/C22H25N5O5S/c1-3-31-22(28)32-17-7-9-26(10-8-17)21-24-19(18-11-14(2)33-20(18)25-21)23-13-15-5-4-6-16(12-15)27(29)30/h4-6,11-12,17H,3,7-10,13H2,1-2H3,(H,23,24,25). The number of nitro benzene ring substituents is 1. The molecule has 0 spiro atoms. The number of anilines is 2. The van der Waals surface area contributed by atoms with Crippen molar-refractivity contribution >= 4 is 45.2 Å². The van der Waals surface area contributed by atoms with Crippen LogP contribution in [0, 0.1) is 17.0 Å². The van der Waals surface area contributed by atoms with E-state index in [0.29, 0.717) is 44.2 Å². The number of hydrogen-bond acceptors (Lipinski definition) is 10. The van der Waals surface area contributed by atoms with E-state index < -0.39 is 11.1 Å². The molecule has 3 heterocycles. The fourth-order valence-electron chi connectivity index (χ4n) is 3.73. The van der Waals surface area contributed by atoms with E-state index >= 15 is 0 Å². The molecule has 0 atom stereocenters. The number of aryl methyl sites for hydroxylation is 1. The number of benzene rings is 1. The Hall–Kier alpha value is -3.47. The van der Waals surface area contributed by atoms with E-state index in [2.05, 4.69) is 10.2 Å². The van der Waals surface area contributed by atoms with E-state index in [4.69, 9.17) is 19.4 Å². The molecule has 1 aromatic carbocycles. The van der Waals surface area contributed by atoms with Crippen LogP contribution in [0.2, 0.25) is 0 Å². The van der Waals surface area contributed by atoms with Crippen LogP contribution in [0.5, 0.6) is 0 Å². The van der Waals surface area contributed by atoms with Crippen molar-refractivity contribution in [3.05, 3.63) is 50.9 Å². The maximum absolute atomic E-state index is 11.6. The van der Waals surface area contributed by atoms with Crippen molar-refractivity contribution in [2.75, 3.05) is 29.9 Å². The van der Waals surface area contributed by atoms with Gasteiger partial charge in [-0.1, -0.05) is 12.1 Å². The van der Waals surface area contributed by atoms with E-state index in [9.17, 15) is 14.9 Å². The highest BCUT2D eigenvalue weighted by atomic mass is 32.1. The first-order chi connectivity index (χ1) is 15.9. The first kappa shape index (κ1) is 22.7. The Morgan fingerprint density at radius 1 is 1.30 bits per heavy atom. The van der Waals surface area contributed by atoms with Crippen molar-refractivity contribution in [1.29, 1.82) is 0 Å². The van der Waals surface area contributed by atoms with Gasteiger partial charge >= 0.3 is 6.16 Å². The third-order valence-electron chi connectivity index (χ3n) is 5.34. The molecule has 0 unspecified atom stereocenters. The van der Waals surface area contributed by atoms with Crippen molar-refractivity contribution in [2.24, 2.45) is 0 Å². The summed E-state index contributed by atoms with van der Waals surface area (Å²) in [6.45, 7) is 5.77. The molecule has 0 radical (unpaired) electrons. The van der Waals surface area contributed by atoms with Crippen LogP contribution in [0.1, 0.15) is 30.2 Å². The number of nitrogens with zero attached hydrogens (tertiary/aromatic N) is 4. The highest BCUT2D eigenvalue weighted by molar-refractivity contribution is 7.18. The number of piperidine rings is 1. The Bertz CT molecular complexity index is 1160. The molecule has 0 bridgehead atoms. The fraction of sp³-hybridized carbons (Fsp3) is 0.409. The summed E-state index contributed by atoms with van der Waals surface area (Å²) in [7, 11) is 0. The highest BCUT2D eigenvalue weighted by Gasteiger charge is 2.25. The predicted octanol–water partition coefficient (Wildman–Crippen LogP) is 4.66. The van der Waals surface area contributed by atoms with Crippen molar-refractivity contribution in [1.82, 2.24) is 9.97 Å². The topological polar surface area (TPSA) is 120 Å². The number of nitro groups is 1. The molecule has 1 N–H and O–H groups in total. The third-order valence-corrected chi connectivity index (χ3v) is 6.28. The van der Waals surface area contributed by atoms with E-state index in [0.717, 1.165) is 20.7 Å². The molecule has 1 aliphatic heterocycles. The highest BCUT2D eigenvalue weighted by Crippen LogP contribution is 2.32. The Kier molecular flexibility index (Phi) is 6.87. The number of nitrogens with one attached hydrogen (secondary N) is 1. The van der Waals surface area contributed by atoms with Crippen LogP contribution in [-0.2, 0) is 16.0 Å². The van der Waals surface area contributed by atoms with Crippen LogP contribution in [0.4, 0.5) is 22.2 Å². The Morgan fingerprint density at radius 2 is 2.09 bits per heavy atom. The number of carbonyl (C=O) groups is 1. The molecule has 0 aliphatic carbocycles. The van der Waals surface area contributed by atoms with E-state index in [1.165, 1.54) is 6.07 Å². The Morgan fingerprint density at radius 3 is 2.82 bits per heavy atom. The van der Waals surface area contributed by atoms with Gasteiger partial charge in [-0.15, -0.1) is 11.3 Å². The smallest absolute Gasteiger partial charge is 0.435 e. The minimum atomic E-state index is -0.629. The lowest BCUT2D eigenvalue weighted by molar-refractivity contribution is -0.384. The number of carbonyl (C=O) groups excluding carboxylic acids is 1. The lowest BCUT2D eigenvalue weighted by Gasteiger charge is -2.31. The second-order valence-electron chi connectivity index (χ2n) is 7.72. The second-order valence-corrected chi connectivity index (χ2v) is 8.95. The largest absolute Gasteiger partial charge is 0.508 e. The molecular weight excluding hydrogens is 446 g/mol. The number of hydrogen-bond donors (Lipinski definition) is 1. The molecule has 3 aromatic rings. The van der Waals surface area contributed by atoms with Gasteiger partial charge in [-0.25, -0.2) is 9.78 Å². The molecule has 1 aliphatic rings. The minimum absolute atomic E-state index is 0.0575.